The van der Waals surface area contributed by atoms with Gasteiger partial charge in [0.1, 0.15) is 0 Å². The van der Waals surface area contributed by atoms with E-state index in [1.807, 2.05) is 32.2 Å². The van der Waals surface area contributed by atoms with Gasteiger partial charge in [-0.25, -0.2) is 8.93 Å². The maximum Gasteiger partial charge on any atom is 0.0973 e. The average Bonchev–Trinajstić information content (AvgIpc) is 2.50. The summed E-state index contributed by atoms with van der Waals surface area (Å²) in [5.41, 5.74) is 1.20. The third-order valence-electron chi connectivity index (χ3n) is 1.54. The molecular weight excluding hydrogens is 202 g/mol. The van der Waals surface area contributed by atoms with Gasteiger partial charge in [0.2, 0.25) is 0 Å². The van der Waals surface area contributed by atoms with Crippen LogP contribution >= 0.6 is 11.3 Å². The normalized spacial score (nSPS) is 14.4. The number of hydrogen-bond donors (Lipinski definition) is 1. The van der Waals surface area contributed by atoms with Crippen molar-refractivity contribution < 1.29 is 4.21 Å². The molecule has 0 aromatic carbocycles. The third-order valence-corrected chi connectivity index (χ3v) is 3.79. The number of nitrogens with one attached hydrogen (secondary N) is 1. The lowest BCUT2D eigenvalue weighted by molar-refractivity contribution is 0.635. The van der Waals surface area contributed by atoms with Crippen LogP contribution in [0.1, 0.15) is 26.3 Å². The molecule has 1 aromatic rings. The Morgan fingerprint density at radius 3 is 2.69 bits per heavy atom. The van der Waals surface area contributed by atoms with Crippen molar-refractivity contribution in [3.8, 4) is 0 Å². The predicted molar refractivity (Wildman–Crippen MR) is 59.1 cm³/mol. The summed E-state index contributed by atoms with van der Waals surface area (Å²) in [4.78, 5) is 0. The number of hydrogen-bond acceptors (Lipinski definition) is 2. The minimum Gasteiger partial charge on any atom is -0.242 e. The van der Waals surface area contributed by atoms with E-state index >= 15 is 0 Å². The van der Waals surface area contributed by atoms with Crippen molar-refractivity contribution in [3.05, 3.63) is 22.4 Å². The highest BCUT2D eigenvalue weighted by atomic mass is 32.2. The standard InChI is InChI=1S/C9H15NOS2/c1-9(2,3)13(11)10-6-8-4-5-12-7-8/h4-5,7,10H,6H2,1-3H3. The topological polar surface area (TPSA) is 29.1 Å². The van der Waals surface area contributed by atoms with Crippen LogP contribution in [-0.2, 0) is 17.5 Å². The van der Waals surface area contributed by atoms with E-state index in [2.05, 4.69) is 10.1 Å². The molecule has 2 nitrogen and oxygen atoms in total. The van der Waals surface area contributed by atoms with Gasteiger partial charge in [0.15, 0.2) is 0 Å². The van der Waals surface area contributed by atoms with E-state index in [9.17, 15) is 4.21 Å². The molecule has 0 saturated heterocycles. The lowest BCUT2D eigenvalue weighted by Gasteiger charge is -2.17. The van der Waals surface area contributed by atoms with E-state index in [-0.39, 0.29) is 4.75 Å². The molecule has 0 amide bonds. The molecule has 0 fully saturated rings. The molecule has 1 N–H and O–H groups in total. The Balaban J connectivity index is 2.40. The SMILES string of the molecule is CC(C)(C)S(=O)NCc1ccsc1. The molecule has 1 aromatic heterocycles. The molecule has 0 aliphatic rings. The fourth-order valence-corrected chi connectivity index (χ4v) is 2.16. The van der Waals surface area contributed by atoms with E-state index in [0.29, 0.717) is 6.54 Å². The molecule has 13 heavy (non-hydrogen) atoms. The average molecular weight is 217 g/mol. The van der Waals surface area contributed by atoms with E-state index in [1.54, 1.807) is 11.3 Å². The molecule has 1 atom stereocenters. The molecule has 0 spiro atoms. The Bertz CT molecular complexity index is 274. The van der Waals surface area contributed by atoms with E-state index in [1.165, 1.54) is 5.56 Å². The second-order valence-electron chi connectivity index (χ2n) is 3.83. The molecule has 0 aliphatic carbocycles. The lowest BCUT2D eigenvalue weighted by Crippen LogP contribution is -2.32. The van der Waals surface area contributed by atoms with E-state index in [4.69, 9.17) is 0 Å². The Labute approximate surface area is 86.0 Å². The zero-order valence-electron chi connectivity index (χ0n) is 8.16. The van der Waals surface area contributed by atoms with Crippen LogP contribution in [0.25, 0.3) is 0 Å². The molecular formula is C9H15NOS2. The fraction of sp³-hybridized carbons (Fsp3) is 0.556. The zero-order chi connectivity index (χ0) is 9.90. The van der Waals surface area contributed by atoms with Crippen molar-refractivity contribution in [1.82, 2.24) is 4.72 Å². The molecule has 1 unspecified atom stereocenters. The van der Waals surface area contributed by atoms with Gasteiger partial charge < -0.3 is 0 Å². The Morgan fingerprint density at radius 1 is 1.54 bits per heavy atom. The van der Waals surface area contributed by atoms with Gasteiger partial charge in [-0.2, -0.15) is 11.3 Å². The highest BCUT2D eigenvalue weighted by Gasteiger charge is 2.18. The molecule has 74 valence electrons. The molecule has 1 rings (SSSR count). The zero-order valence-corrected chi connectivity index (χ0v) is 9.80. The van der Waals surface area contributed by atoms with Crippen molar-refractivity contribution in [2.24, 2.45) is 0 Å². The molecule has 0 aliphatic heterocycles. The summed E-state index contributed by atoms with van der Waals surface area (Å²) in [6, 6.07) is 2.04. The van der Waals surface area contributed by atoms with E-state index < -0.39 is 11.0 Å². The summed E-state index contributed by atoms with van der Waals surface area (Å²) < 4.78 is 14.4. The molecule has 4 heteroatoms. The molecule has 0 saturated carbocycles. The van der Waals surface area contributed by atoms with Crippen LogP contribution in [0.2, 0.25) is 0 Å². The Morgan fingerprint density at radius 2 is 2.23 bits per heavy atom. The van der Waals surface area contributed by atoms with Gasteiger partial charge in [-0.1, -0.05) is 0 Å². The van der Waals surface area contributed by atoms with Crippen LogP contribution in [0, 0.1) is 0 Å². The number of thiophene rings is 1. The Hall–Kier alpha value is -0.190. The maximum absolute atomic E-state index is 11.6. The first-order valence-corrected chi connectivity index (χ1v) is 6.26. The molecule has 0 radical (unpaired) electrons. The monoisotopic (exact) mass is 217 g/mol. The lowest BCUT2D eigenvalue weighted by atomic mass is 10.3. The Kier molecular flexibility index (Phi) is 3.64. The van der Waals surface area contributed by atoms with Gasteiger partial charge >= 0.3 is 0 Å². The molecule has 0 bridgehead atoms. The predicted octanol–water partition coefficient (Wildman–Crippen LogP) is 2.30. The summed E-state index contributed by atoms with van der Waals surface area (Å²) in [5, 5.41) is 4.09. The van der Waals surface area contributed by atoms with Gasteiger partial charge in [0.05, 0.1) is 15.7 Å². The summed E-state index contributed by atoms with van der Waals surface area (Å²) in [6.07, 6.45) is 0. The van der Waals surface area contributed by atoms with Gasteiger partial charge in [0.25, 0.3) is 0 Å². The van der Waals surface area contributed by atoms with Crippen molar-refractivity contribution in [1.29, 1.82) is 0 Å². The first-order valence-electron chi connectivity index (χ1n) is 4.16. The highest BCUT2D eigenvalue weighted by Crippen LogP contribution is 2.10. The quantitative estimate of drug-likeness (QED) is 0.827. The maximum atomic E-state index is 11.6. The van der Waals surface area contributed by atoms with E-state index in [0.717, 1.165) is 0 Å². The minimum absolute atomic E-state index is 0.185. The van der Waals surface area contributed by atoms with Crippen molar-refractivity contribution in [2.75, 3.05) is 0 Å². The van der Waals surface area contributed by atoms with Crippen molar-refractivity contribution in [3.63, 3.8) is 0 Å². The summed E-state index contributed by atoms with van der Waals surface area (Å²) in [6.45, 7) is 6.57. The van der Waals surface area contributed by atoms with Crippen LogP contribution in [-0.4, -0.2) is 8.96 Å². The second-order valence-corrected chi connectivity index (χ2v) is 6.66. The van der Waals surface area contributed by atoms with Crippen LogP contribution in [0.4, 0.5) is 0 Å². The summed E-state index contributed by atoms with van der Waals surface area (Å²) in [7, 11) is -0.967. The number of rotatable bonds is 3. The molecule has 1 heterocycles. The smallest absolute Gasteiger partial charge is 0.0973 e. The van der Waals surface area contributed by atoms with Gasteiger partial charge in [0, 0.05) is 6.54 Å². The second kappa shape index (κ2) is 4.35. The van der Waals surface area contributed by atoms with Crippen molar-refractivity contribution in [2.45, 2.75) is 32.1 Å². The van der Waals surface area contributed by atoms with Crippen LogP contribution in [0.3, 0.4) is 0 Å². The van der Waals surface area contributed by atoms with Crippen LogP contribution < -0.4 is 4.72 Å². The van der Waals surface area contributed by atoms with Crippen molar-refractivity contribution >= 4 is 22.3 Å². The van der Waals surface area contributed by atoms with Gasteiger partial charge in [-0.05, 0) is 43.2 Å². The fourth-order valence-electron chi connectivity index (χ4n) is 0.759. The van der Waals surface area contributed by atoms with Gasteiger partial charge in [-0.15, -0.1) is 0 Å². The summed E-state index contributed by atoms with van der Waals surface area (Å²) in [5.74, 6) is 0. The largest absolute Gasteiger partial charge is 0.242 e. The third kappa shape index (κ3) is 3.58. The summed E-state index contributed by atoms with van der Waals surface area (Å²) >= 11 is 1.66. The minimum atomic E-state index is -0.967. The first kappa shape index (κ1) is 10.9. The van der Waals surface area contributed by atoms with Crippen LogP contribution in [0.15, 0.2) is 16.8 Å². The highest BCUT2D eigenvalue weighted by molar-refractivity contribution is 7.84. The van der Waals surface area contributed by atoms with Crippen LogP contribution in [0.5, 0.6) is 0 Å². The first-order chi connectivity index (χ1) is 6.00. The van der Waals surface area contributed by atoms with Gasteiger partial charge in [-0.3, -0.25) is 0 Å².